The highest BCUT2D eigenvalue weighted by Gasteiger charge is 2.32. The van der Waals surface area contributed by atoms with Gasteiger partial charge in [-0.25, -0.2) is 4.79 Å². The van der Waals surface area contributed by atoms with Crippen LogP contribution in [0.1, 0.15) is 35.3 Å². The second-order valence-corrected chi connectivity index (χ2v) is 4.90. The van der Waals surface area contributed by atoms with Gasteiger partial charge in [-0.2, -0.15) is 0 Å². The molecule has 1 aromatic carbocycles. The molecule has 1 aliphatic carbocycles. The Bertz CT molecular complexity index is 470. The van der Waals surface area contributed by atoms with Crippen LogP contribution >= 0.6 is 0 Å². The smallest absolute Gasteiger partial charge is 0.337 e. The van der Waals surface area contributed by atoms with Crippen LogP contribution in [0.15, 0.2) is 24.8 Å². The molecule has 0 aliphatic heterocycles. The van der Waals surface area contributed by atoms with Crippen molar-refractivity contribution in [3.63, 3.8) is 0 Å². The van der Waals surface area contributed by atoms with Crippen LogP contribution in [0.25, 0.3) is 5.57 Å². The third kappa shape index (κ3) is 1.54. The van der Waals surface area contributed by atoms with Crippen molar-refractivity contribution in [3.8, 4) is 0 Å². The maximum atomic E-state index is 11.4. The van der Waals surface area contributed by atoms with Gasteiger partial charge < -0.3 is 4.74 Å². The summed E-state index contributed by atoms with van der Waals surface area (Å²) in [6.45, 7) is 8.47. The molecule has 0 radical (unpaired) electrons. The lowest BCUT2D eigenvalue weighted by Crippen LogP contribution is -2.08. The Morgan fingerprint density at radius 3 is 2.75 bits per heavy atom. The molecule has 0 bridgehead atoms. The lowest BCUT2D eigenvalue weighted by molar-refractivity contribution is 0.0600. The Morgan fingerprint density at radius 1 is 1.44 bits per heavy atom. The number of rotatable bonds is 1. The number of fused-ring (bicyclic) bond motifs is 1. The molecule has 0 atom stereocenters. The van der Waals surface area contributed by atoms with Gasteiger partial charge in [0, 0.05) is 0 Å². The van der Waals surface area contributed by atoms with E-state index in [4.69, 9.17) is 4.74 Å². The molecule has 84 valence electrons. The van der Waals surface area contributed by atoms with Gasteiger partial charge in [-0.1, -0.05) is 26.5 Å². The molecule has 0 heterocycles. The summed E-state index contributed by atoms with van der Waals surface area (Å²) in [5.41, 5.74) is 4.17. The van der Waals surface area contributed by atoms with Crippen LogP contribution in [0.5, 0.6) is 0 Å². The number of methoxy groups -OCH3 is 1. The van der Waals surface area contributed by atoms with Gasteiger partial charge in [0.1, 0.15) is 0 Å². The molecule has 2 nitrogen and oxygen atoms in total. The van der Waals surface area contributed by atoms with Crippen LogP contribution in [-0.2, 0) is 11.2 Å². The third-order valence-corrected chi connectivity index (χ3v) is 3.31. The molecule has 0 saturated carbocycles. The molecular formula is C14H16O2. The summed E-state index contributed by atoms with van der Waals surface area (Å²) in [6.07, 6.45) is 0.989. The number of hydrogen-bond acceptors (Lipinski definition) is 2. The van der Waals surface area contributed by atoms with Gasteiger partial charge in [0.25, 0.3) is 0 Å². The van der Waals surface area contributed by atoms with Gasteiger partial charge in [0.05, 0.1) is 12.7 Å². The number of esters is 1. The maximum absolute atomic E-state index is 11.4. The molecule has 0 N–H and O–H groups in total. The number of ether oxygens (including phenoxy) is 1. The first-order valence-corrected chi connectivity index (χ1v) is 5.37. The summed E-state index contributed by atoms with van der Waals surface area (Å²) in [7, 11) is 1.40. The average molecular weight is 216 g/mol. The third-order valence-electron chi connectivity index (χ3n) is 3.31. The highest BCUT2D eigenvalue weighted by molar-refractivity contribution is 5.91. The predicted molar refractivity (Wildman–Crippen MR) is 64.3 cm³/mol. The minimum Gasteiger partial charge on any atom is -0.465 e. The monoisotopic (exact) mass is 216 g/mol. The lowest BCUT2D eigenvalue weighted by atomic mass is 9.86. The van der Waals surface area contributed by atoms with E-state index in [1.165, 1.54) is 12.7 Å². The molecule has 0 saturated heterocycles. The Kier molecular flexibility index (Phi) is 2.38. The molecule has 16 heavy (non-hydrogen) atoms. The van der Waals surface area contributed by atoms with Crippen molar-refractivity contribution in [2.45, 2.75) is 20.3 Å². The summed E-state index contributed by atoms with van der Waals surface area (Å²) in [4.78, 5) is 11.4. The molecule has 1 aromatic rings. The van der Waals surface area contributed by atoms with Crippen molar-refractivity contribution in [2.75, 3.05) is 7.11 Å². The highest BCUT2D eigenvalue weighted by atomic mass is 16.5. The lowest BCUT2D eigenvalue weighted by Gasteiger charge is -2.18. The second kappa shape index (κ2) is 3.48. The first-order chi connectivity index (χ1) is 7.45. The van der Waals surface area contributed by atoms with Crippen LogP contribution in [0.3, 0.4) is 0 Å². The second-order valence-electron chi connectivity index (χ2n) is 4.90. The van der Waals surface area contributed by atoms with Gasteiger partial charge in [0.2, 0.25) is 0 Å². The Balaban J connectivity index is 2.47. The predicted octanol–water partition coefficient (Wildman–Crippen LogP) is 3.07. The Hall–Kier alpha value is -1.57. The summed E-state index contributed by atoms with van der Waals surface area (Å²) in [6, 6.07) is 5.71. The van der Waals surface area contributed by atoms with E-state index >= 15 is 0 Å². The number of carbonyl (C=O) groups is 1. The van der Waals surface area contributed by atoms with Crippen LogP contribution in [0.4, 0.5) is 0 Å². The number of hydrogen-bond donors (Lipinski definition) is 0. The quantitative estimate of drug-likeness (QED) is 0.674. The minimum atomic E-state index is -0.291. The van der Waals surface area contributed by atoms with Crippen molar-refractivity contribution in [2.24, 2.45) is 5.41 Å². The van der Waals surface area contributed by atoms with E-state index < -0.39 is 0 Å². The number of allylic oxidation sites excluding steroid dienone is 1. The maximum Gasteiger partial charge on any atom is 0.337 e. The van der Waals surface area contributed by atoms with E-state index in [1.807, 2.05) is 18.2 Å². The summed E-state index contributed by atoms with van der Waals surface area (Å²) < 4.78 is 4.71. The molecule has 0 aromatic heterocycles. The molecule has 0 amide bonds. The van der Waals surface area contributed by atoms with Crippen molar-refractivity contribution in [3.05, 3.63) is 41.5 Å². The topological polar surface area (TPSA) is 26.3 Å². The van der Waals surface area contributed by atoms with E-state index in [2.05, 4.69) is 20.4 Å². The van der Waals surface area contributed by atoms with Gasteiger partial charge in [-0.05, 0) is 40.7 Å². The Morgan fingerprint density at radius 2 is 2.12 bits per heavy atom. The average Bonchev–Trinajstić information content (AvgIpc) is 2.48. The van der Waals surface area contributed by atoms with Gasteiger partial charge in [-0.15, -0.1) is 0 Å². The fourth-order valence-corrected chi connectivity index (χ4v) is 2.20. The van der Waals surface area contributed by atoms with Crippen LogP contribution in [0, 0.1) is 5.41 Å². The fraction of sp³-hybridized carbons (Fsp3) is 0.357. The standard InChI is InChI=1S/C14H16O2/c1-9-12-7-10(13(15)16-4)5-6-11(12)8-14(9,2)3/h5-7H,1,8H2,2-4H3. The zero-order chi connectivity index (χ0) is 11.9. The normalized spacial score (nSPS) is 17.1. The number of carbonyl (C=O) groups excluding carboxylic acids is 1. The van der Waals surface area contributed by atoms with Crippen molar-refractivity contribution in [1.29, 1.82) is 0 Å². The summed E-state index contributed by atoms with van der Waals surface area (Å²) in [5.74, 6) is -0.291. The zero-order valence-electron chi connectivity index (χ0n) is 9.96. The minimum absolute atomic E-state index is 0.0943. The fourth-order valence-electron chi connectivity index (χ4n) is 2.20. The van der Waals surface area contributed by atoms with Crippen molar-refractivity contribution < 1.29 is 9.53 Å². The Labute approximate surface area is 95.9 Å². The largest absolute Gasteiger partial charge is 0.465 e. The first-order valence-electron chi connectivity index (χ1n) is 5.37. The van der Waals surface area contributed by atoms with Crippen LogP contribution in [0.2, 0.25) is 0 Å². The zero-order valence-corrected chi connectivity index (χ0v) is 9.96. The van der Waals surface area contributed by atoms with Crippen molar-refractivity contribution in [1.82, 2.24) is 0 Å². The van der Waals surface area contributed by atoms with Gasteiger partial charge >= 0.3 is 5.97 Å². The summed E-state index contributed by atoms with van der Waals surface area (Å²) >= 11 is 0. The van der Waals surface area contributed by atoms with E-state index in [-0.39, 0.29) is 11.4 Å². The van der Waals surface area contributed by atoms with E-state index in [0.29, 0.717) is 5.56 Å². The van der Waals surface area contributed by atoms with E-state index in [0.717, 1.165) is 17.6 Å². The molecule has 0 unspecified atom stereocenters. The van der Waals surface area contributed by atoms with Crippen LogP contribution < -0.4 is 0 Å². The molecule has 1 aliphatic rings. The highest BCUT2D eigenvalue weighted by Crippen LogP contribution is 2.45. The number of benzene rings is 1. The van der Waals surface area contributed by atoms with E-state index in [9.17, 15) is 4.79 Å². The molecule has 2 rings (SSSR count). The van der Waals surface area contributed by atoms with Gasteiger partial charge in [0.15, 0.2) is 0 Å². The molecule has 2 heteroatoms. The first kappa shape index (κ1) is 10.9. The molecular weight excluding hydrogens is 200 g/mol. The summed E-state index contributed by atoms with van der Waals surface area (Å²) in [5, 5.41) is 0. The van der Waals surface area contributed by atoms with Crippen LogP contribution in [-0.4, -0.2) is 13.1 Å². The van der Waals surface area contributed by atoms with Crippen molar-refractivity contribution >= 4 is 11.5 Å². The molecule has 0 fully saturated rings. The molecule has 0 spiro atoms. The van der Waals surface area contributed by atoms with E-state index in [1.54, 1.807) is 0 Å². The van der Waals surface area contributed by atoms with Gasteiger partial charge in [-0.3, -0.25) is 0 Å². The SMILES string of the molecule is C=C1c2cc(C(=O)OC)ccc2CC1(C)C.